The Balaban J connectivity index is 2.01. The van der Waals surface area contributed by atoms with Gasteiger partial charge in [0, 0.05) is 11.6 Å². The molecule has 1 aromatic rings. The Morgan fingerprint density at radius 1 is 1.24 bits per heavy atom. The molecule has 1 atom stereocenters. The Hall–Kier alpha value is -1.91. The molecule has 1 fully saturated rings. The molecule has 1 aliphatic carbocycles. The van der Waals surface area contributed by atoms with Crippen molar-refractivity contribution in [3.05, 3.63) is 23.8 Å². The molecule has 1 aromatic carbocycles. The molecule has 1 aliphatic rings. The van der Waals surface area contributed by atoms with Gasteiger partial charge in [-0.3, -0.25) is 0 Å². The molecule has 5 heteroatoms. The Bertz CT molecular complexity index is 484. The molecule has 5 nitrogen and oxygen atoms in total. The third-order valence-corrected chi connectivity index (χ3v) is 3.94. The monoisotopic (exact) mass is 292 g/mol. The Morgan fingerprint density at radius 3 is 2.57 bits per heavy atom. The van der Waals surface area contributed by atoms with Crippen molar-refractivity contribution in [2.24, 2.45) is 0 Å². The molecule has 0 spiro atoms. The molecule has 0 heterocycles. The summed E-state index contributed by atoms with van der Waals surface area (Å²) in [4.78, 5) is 12.0. The van der Waals surface area contributed by atoms with Crippen LogP contribution in [0.25, 0.3) is 0 Å². The SMILES string of the molecule is COc1ccc(OC)c(C(C)NC(=O)NC2CCCC2)c1. The molecule has 0 aromatic heterocycles. The number of methoxy groups -OCH3 is 2. The molecular formula is C16H24N2O3. The second kappa shape index (κ2) is 7.20. The first-order valence-electron chi connectivity index (χ1n) is 7.43. The fourth-order valence-electron chi connectivity index (χ4n) is 2.75. The standard InChI is InChI=1S/C16H24N2O3/c1-11(17-16(19)18-12-6-4-5-7-12)14-10-13(20-2)8-9-15(14)21-3/h8-12H,4-7H2,1-3H3,(H2,17,18,19). The molecular weight excluding hydrogens is 268 g/mol. The van der Waals surface area contributed by atoms with Crippen LogP contribution in [0.5, 0.6) is 11.5 Å². The van der Waals surface area contributed by atoms with Gasteiger partial charge < -0.3 is 20.1 Å². The summed E-state index contributed by atoms with van der Waals surface area (Å²) in [5.74, 6) is 1.49. The first-order valence-corrected chi connectivity index (χ1v) is 7.43. The van der Waals surface area contributed by atoms with Gasteiger partial charge in [0.1, 0.15) is 11.5 Å². The van der Waals surface area contributed by atoms with Crippen molar-refractivity contribution in [3.8, 4) is 11.5 Å². The molecule has 2 amide bonds. The predicted molar refractivity (Wildman–Crippen MR) is 81.9 cm³/mol. The maximum Gasteiger partial charge on any atom is 0.315 e. The van der Waals surface area contributed by atoms with Crippen LogP contribution >= 0.6 is 0 Å². The average Bonchev–Trinajstić information content (AvgIpc) is 2.99. The zero-order chi connectivity index (χ0) is 15.2. The second-order valence-corrected chi connectivity index (χ2v) is 5.43. The molecule has 2 N–H and O–H groups in total. The number of urea groups is 1. The molecule has 1 unspecified atom stereocenters. The van der Waals surface area contributed by atoms with Crippen LogP contribution in [-0.4, -0.2) is 26.3 Å². The van der Waals surface area contributed by atoms with Gasteiger partial charge >= 0.3 is 6.03 Å². The summed E-state index contributed by atoms with van der Waals surface area (Å²) in [5.41, 5.74) is 0.901. The van der Waals surface area contributed by atoms with E-state index in [0.717, 1.165) is 29.9 Å². The van der Waals surface area contributed by atoms with E-state index in [-0.39, 0.29) is 12.1 Å². The molecule has 0 bridgehead atoms. The van der Waals surface area contributed by atoms with E-state index in [4.69, 9.17) is 9.47 Å². The molecule has 116 valence electrons. The van der Waals surface area contributed by atoms with Crippen LogP contribution in [0.4, 0.5) is 4.79 Å². The van der Waals surface area contributed by atoms with Crippen molar-refractivity contribution in [3.63, 3.8) is 0 Å². The van der Waals surface area contributed by atoms with Crippen molar-refractivity contribution in [2.45, 2.75) is 44.7 Å². The van der Waals surface area contributed by atoms with E-state index < -0.39 is 0 Å². The van der Waals surface area contributed by atoms with Gasteiger partial charge in [0.05, 0.1) is 20.3 Å². The lowest BCUT2D eigenvalue weighted by Crippen LogP contribution is -2.41. The van der Waals surface area contributed by atoms with E-state index in [1.54, 1.807) is 14.2 Å². The number of hydrogen-bond acceptors (Lipinski definition) is 3. The molecule has 0 aliphatic heterocycles. The smallest absolute Gasteiger partial charge is 0.315 e. The van der Waals surface area contributed by atoms with Crippen molar-refractivity contribution < 1.29 is 14.3 Å². The topological polar surface area (TPSA) is 59.6 Å². The number of rotatable bonds is 5. The van der Waals surface area contributed by atoms with Gasteiger partial charge in [-0.25, -0.2) is 4.79 Å². The Morgan fingerprint density at radius 2 is 1.95 bits per heavy atom. The predicted octanol–water partition coefficient (Wildman–Crippen LogP) is 3.01. The maximum absolute atomic E-state index is 12.0. The van der Waals surface area contributed by atoms with Crippen LogP contribution in [0.3, 0.4) is 0 Å². The van der Waals surface area contributed by atoms with Gasteiger partial charge in [-0.05, 0) is 38.0 Å². The second-order valence-electron chi connectivity index (χ2n) is 5.43. The van der Waals surface area contributed by atoms with Crippen LogP contribution < -0.4 is 20.1 Å². The van der Waals surface area contributed by atoms with Gasteiger partial charge in [0.25, 0.3) is 0 Å². The summed E-state index contributed by atoms with van der Waals surface area (Å²) in [6, 6.07) is 5.61. The van der Waals surface area contributed by atoms with Crippen molar-refractivity contribution in [1.82, 2.24) is 10.6 Å². The van der Waals surface area contributed by atoms with E-state index in [0.29, 0.717) is 6.04 Å². The van der Waals surface area contributed by atoms with Gasteiger partial charge in [-0.15, -0.1) is 0 Å². The zero-order valence-corrected chi connectivity index (χ0v) is 12.9. The summed E-state index contributed by atoms with van der Waals surface area (Å²) in [6.45, 7) is 1.94. The van der Waals surface area contributed by atoms with E-state index in [2.05, 4.69) is 10.6 Å². The van der Waals surface area contributed by atoms with Crippen LogP contribution in [-0.2, 0) is 0 Å². The fraction of sp³-hybridized carbons (Fsp3) is 0.562. The van der Waals surface area contributed by atoms with Crippen LogP contribution in [0, 0.1) is 0 Å². The van der Waals surface area contributed by atoms with Gasteiger partial charge in [-0.2, -0.15) is 0 Å². The van der Waals surface area contributed by atoms with E-state index in [1.807, 2.05) is 25.1 Å². The van der Waals surface area contributed by atoms with E-state index in [1.165, 1.54) is 12.8 Å². The largest absolute Gasteiger partial charge is 0.497 e. The minimum Gasteiger partial charge on any atom is -0.497 e. The van der Waals surface area contributed by atoms with E-state index in [9.17, 15) is 4.79 Å². The lowest BCUT2D eigenvalue weighted by molar-refractivity contribution is 0.234. The maximum atomic E-state index is 12.0. The molecule has 1 saturated carbocycles. The summed E-state index contributed by atoms with van der Waals surface area (Å²) in [7, 11) is 3.24. The van der Waals surface area contributed by atoms with Crippen molar-refractivity contribution >= 4 is 6.03 Å². The number of hydrogen-bond donors (Lipinski definition) is 2. The number of amides is 2. The summed E-state index contributed by atoms with van der Waals surface area (Å²) in [6.07, 6.45) is 4.54. The Labute approximate surface area is 126 Å². The highest BCUT2D eigenvalue weighted by molar-refractivity contribution is 5.75. The summed E-state index contributed by atoms with van der Waals surface area (Å²) < 4.78 is 10.6. The highest BCUT2D eigenvalue weighted by atomic mass is 16.5. The van der Waals surface area contributed by atoms with Gasteiger partial charge in [0.2, 0.25) is 0 Å². The van der Waals surface area contributed by atoms with Crippen molar-refractivity contribution in [2.75, 3.05) is 14.2 Å². The minimum absolute atomic E-state index is 0.126. The molecule has 2 rings (SSSR count). The quantitative estimate of drug-likeness (QED) is 0.877. The molecule has 0 saturated heterocycles. The highest BCUT2D eigenvalue weighted by Gasteiger charge is 2.19. The number of carbonyl (C=O) groups is 1. The minimum atomic E-state index is -0.156. The summed E-state index contributed by atoms with van der Waals surface area (Å²) in [5, 5.41) is 5.99. The number of benzene rings is 1. The highest BCUT2D eigenvalue weighted by Crippen LogP contribution is 2.29. The fourth-order valence-corrected chi connectivity index (χ4v) is 2.75. The molecule has 21 heavy (non-hydrogen) atoms. The van der Waals surface area contributed by atoms with Crippen LogP contribution in [0.2, 0.25) is 0 Å². The third-order valence-electron chi connectivity index (χ3n) is 3.94. The first-order chi connectivity index (χ1) is 10.1. The average molecular weight is 292 g/mol. The first kappa shape index (κ1) is 15.5. The van der Waals surface area contributed by atoms with Crippen LogP contribution in [0.15, 0.2) is 18.2 Å². The van der Waals surface area contributed by atoms with Gasteiger partial charge in [-0.1, -0.05) is 12.8 Å². The third kappa shape index (κ3) is 4.03. The number of nitrogens with one attached hydrogen (secondary N) is 2. The number of carbonyl (C=O) groups excluding carboxylic acids is 1. The molecule has 0 radical (unpaired) electrons. The Kier molecular flexibility index (Phi) is 5.31. The van der Waals surface area contributed by atoms with Gasteiger partial charge in [0.15, 0.2) is 0 Å². The van der Waals surface area contributed by atoms with E-state index >= 15 is 0 Å². The van der Waals surface area contributed by atoms with Crippen molar-refractivity contribution in [1.29, 1.82) is 0 Å². The van der Waals surface area contributed by atoms with Crippen LogP contribution in [0.1, 0.15) is 44.2 Å². The number of ether oxygens (including phenoxy) is 2. The normalized spacial score (nSPS) is 16.3. The summed E-state index contributed by atoms with van der Waals surface area (Å²) >= 11 is 0. The lowest BCUT2D eigenvalue weighted by Gasteiger charge is -2.20. The zero-order valence-electron chi connectivity index (χ0n) is 12.9. The lowest BCUT2D eigenvalue weighted by atomic mass is 10.1.